The van der Waals surface area contributed by atoms with E-state index in [2.05, 4.69) is 5.32 Å². The number of halogens is 3. The van der Waals surface area contributed by atoms with Crippen LogP contribution in [0.2, 0.25) is 0 Å². The molecule has 3 unspecified atom stereocenters. The molecule has 126 valence electrons. The molecule has 0 spiro atoms. The lowest BCUT2D eigenvalue weighted by molar-refractivity contribution is -0.157. The zero-order valence-corrected chi connectivity index (χ0v) is 12.4. The maximum absolute atomic E-state index is 12.5. The maximum atomic E-state index is 12.5. The average Bonchev–Trinajstić information content (AvgIpc) is 2.54. The zero-order valence-electron chi connectivity index (χ0n) is 12.4. The predicted molar refractivity (Wildman–Crippen MR) is 76.0 cm³/mol. The van der Waals surface area contributed by atoms with Crippen molar-refractivity contribution < 1.29 is 27.4 Å². The first-order chi connectivity index (χ1) is 10.9. The minimum absolute atomic E-state index is 0.0181. The molecule has 1 saturated carbocycles. The number of hydrogen-bond donors (Lipinski definition) is 1. The van der Waals surface area contributed by atoms with Gasteiger partial charge in [0.05, 0.1) is 31.0 Å². The molecule has 1 aromatic carbocycles. The highest BCUT2D eigenvalue weighted by Crippen LogP contribution is 2.29. The van der Waals surface area contributed by atoms with Crippen molar-refractivity contribution in [3.8, 4) is 0 Å². The summed E-state index contributed by atoms with van der Waals surface area (Å²) in [7, 11) is 0. The molecule has 1 aliphatic carbocycles. The number of ether oxygens (including phenoxy) is 2. The quantitative estimate of drug-likeness (QED) is 0.908. The molecule has 0 bridgehead atoms. The van der Waals surface area contributed by atoms with Crippen molar-refractivity contribution in [2.45, 2.75) is 43.7 Å². The van der Waals surface area contributed by atoms with Crippen LogP contribution in [-0.2, 0) is 15.7 Å². The first-order valence-corrected chi connectivity index (χ1v) is 7.65. The molecule has 1 N–H and O–H groups in total. The van der Waals surface area contributed by atoms with Gasteiger partial charge in [-0.1, -0.05) is 0 Å². The van der Waals surface area contributed by atoms with E-state index in [1.165, 1.54) is 12.1 Å². The van der Waals surface area contributed by atoms with Crippen molar-refractivity contribution in [2.75, 3.05) is 13.2 Å². The molecule has 1 heterocycles. The van der Waals surface area contributed by atoms with E-state index in [4.69, 9.17) is 9.47 Å². The molecule has 0 radical (unpaired) electrons. The standard InChI is InChI=1S/C16H18F3NO3/c17-16(18,19)11-3-1-10(2-4-11)15(21)20-12-5-6-13-14(9-12)23-8-7-22-13/h1-4,12-14H,5-9H2,(H,20,21). The van der Waals surface area contributed by atoms with Gasteiger partial charge in [0.15, 0.2) is 0 Å². The second-order valence-electron chi connectivity index (χ2n) is 5.88. The summed E-state index contributed by atoms with van der Waals surface area (Å²) < 4.78 is 48.8. The third kappa shape index (κ3) is 3.84. The molecule has 4 nitrogen and oxygen atoms in total. The van der Waals surface area contributed by atoms with E-state index < -0.39 is 11.7 Å². The van der Waals surface area contributed by atoms with Crippen LogP contribution in [0.4, 0.5) is 13.2 Å². The third-order valence-electron chi connectivity index (χ3n) is 4.29. The van der Waals surface area contributed by atoms with Crippen molar-refractivity contribution in [1.82, 2.24) is 5.32 Å². The number of alkyl halides is 3. The third-order valence-corrected chi connectivity index (χ3v) is 4.29. The smallest absolute Gasteiger partial charge is 0.373 e. The predicted octanol–water partition coefficient (Wildman–Crippen LogP) is 2.77. The number of carbonyl (C=O) groups excluding carboxylic acids is 1. The zero-order chi connectivity index (χ0) is 16.4. The number of rotatable bonds is 2. The highest BCUT2D eigenvalue weighted by molar-refractivity contribution is 5.94. The molecular formula is C16H18F3NO3. The van der Waals surface area contributed by atoms with Gasteiger partial charge in [0, 0.05) is 11.6 Å². The minimum atomic E-state index is -4.40. The van der Waals surface area contributed by atoms with Gasteiger partial charge in [0.2, 0.25) is 0 Å². The molecule has 7 heteroatoms. The van der Waals surface area contributed by atoms with E-state index in [-0.39, 0.29) is 29.7 Å². The lowest BCUT2D eigenvalue weighted by Gasteiger charge is -2.39. The molecule has 3 rings (SSSR count). The topological polar surface area (TPSA) is 47.6 Å². The van der Waals surface area contributed by atoms with Crippen molar-refractivity contribution in [2.24, 2.45) is 0 Å². The number of benzene rings is 1. The first-order valence-electron chi connectivity index (χ1n) is 7.65. The Morgan fingerprint density at radius 1 is 1.04 bits per heavy atom. The van der Waals surface area contributed by atoms with E-state index in [0.29, 0.717) is 19.6 Å². The fourth-order valence-electron chi connectivity index (χ4n) is 3.08. The van der Waals surface area contributed by atoms with Crippen molar-refractivity contribution in [3.05, 3.63) is 35.4 Å². The highest BCUT2D eigenvalue weighted by Gasteiger charge is 2.35. The van der Waals surface area contributed by atoms with Crippen LogP contribution in [0, 0.1) is 0 Å². The number of hydrogen-bond acceptors (Lipinski definition) is 3. The van der Waals surface area contributed by atoms with Crippen LogP contribution < -0.4 is 5.32 Å². The Morgan fingerprint density at radius 2 is 1.70 bits per heavy atom. The van der Waals surface area contributed by atoms with Crippen LogP contribution in [-0.4, -0.2) is 37.4 Å². The summed E-state index contributed by atoms with van der Waals surface area (Å²) in [5, 5.41) is 2.87. The normalized spacial score (nSPS) is 28.0. The van der Waals surface area contributed by atoms with Crippen molar-refractivity contribution >= 4 is 5.91 Å². The van der Waals surface area contributed by atoms with Gasteiger partial charge in [-0.05, 0) is 43.5 Å². The summed E-state index contributed by atoms with van der Waals surface area (Å²) in [5.41, 5.74) is -0.539. The highest BCUT2D eigenvalue weighted by atomic mass is 19.4. The number of fused-ring (bicyclic) bond motifs is 1. The molecule has 1 aliphatic heterocycles. The summed E-state index contributed by atoms with van der Waals surface area (Å²) in [6, 6.07) is 4.19. The fourth-order valence-corrected chi connectivity index (χ4v) is 3.08. The second-order valence-corrected chi connectivity index (χ2v) is 5.88. The molecule has 0 aromatic heterocycles. The van der Waals surface area contributed by atoms with Crippen LogP contribution in [0.3, 0.4) is 0 Å². The fraction of sp³-hybridized carbons (Fsp3) is 0.562. The Labute approximate surface area is 132 Å². The SMILES string of the molecule is O=C(NC1CCC2OCCOC2C1)c1ccc(C(F)(F)F)cc1. The van der Waals surface area contributed by atoms with Gasteiger partial charge in [0.25, 0.3) is 5.91 Å². The summed E-state index contributed by atoms with van der Waals surface area (Å²) in [4.78, 5) is 12.2. The second kappa shape index (κ2) is 6.49. The molecule has 1 amide bonds. The van der Waals surface area contributed by atoms with Gasteiger partial charge < -0.3 is 14.8 Å². The summed E-state index contributed by atoms with van der Waals surface area (Å²) in [5.74, 6) is -0.362. The van der Waals surface area contributed by atoms with E-state index in [9.17, 15) is 18.0 Å². The van der Waals surface area contributed by atoms with E-state index in [1.54, 1.807) is 0 Å². The Kier molecular flexibility index (Phi) is 4.59. The van der Waals surface area contributed by atoms with Gasteiger partial charge in [-0.3, -0.25) is 4.79 Å². The average molecular weight is 329 g/mol. The summed E-state index contributed by atoms with van der Waals surface area (Å²) >= 11 is 0. The largest absolute Gasteiger partial charge is 0.416 e. The molecule has 2 fully saturated rings. The minimum Gasteiger partial charge on any atom is -0.373 e. The Morgan fingerprint density at radius 3 is 2.35 bits per heavy atom. The van der Waals surface area contributed by atoms with Gasteiger partial charge in [-0.15, -0.1) is 0 Å². The van der Waals surface area contributed by atoms with Crippen LogP contribution in [0.25, 0.3) is 0 Å². The van der Waals surface area contributed by atoms with Crippen LogP contribution >= 0.6 is 0 Å². The maximum Gasteiger partial charge on any atom is 0.416 e. The lowest BCUT2D eigenvalue weighted by atomic mass is 9.89. The number of carbonyl (C=O) groups is 1. The Balaban J connectivity index is 1.58. The molecule has 1 saturated heterocycles. The van der Waals surface area contributed by atoms with E-state index >= 15 is 0 Å². The molecule has 2 aliphatic rings. The Bertz CT molecular complexity index is 559. The van der Waals surface area contributed by atoms with Gasteiger partial charge in [-0.2, -0.15) is 13.2 Å². The van der Waals surface area contributed by atoms with Crippen LogP contribution in [0.5, 0.6) is 0 Å². The van der Waals surface area contributed by atoms with Crippen molar-refractivity contribution in [1.29, 1.82) is 0 Å². The van der Waals surface area contributed by atoms with Crippen LogP contribution in [0.1, 0.15) is 35.2 Å². The van der Waals surface area contributed by atoms with Gasteiger partial charge >= 0.3 is 6.18 Å². The first kappa shape index (κ1) is 16.3. The molecular weight excluding hydrogens is 311 g/mol. The van der Waals surface area contributed by atoms with Crippen LogP contribution in [0.15, 0.2) is 24.3 Å². The molecule has 1 aromatic rings. The van der Waals surface area contributed by atoms with Crippen molar-refractivity contribution in [3.63, 3.8) is 0 Å². The van der Waals surface area contributed by atoms with Gasteiger partial charge in [0.1, 0.15) is 0 Å². The number of nitrogens with one attached hydrogen (secondary N) is 1. The summed E-state index contributed by atoms with van der Waals surface area (Å²) in [6.45, 7) is 1.16. The summed E-state index contributed by atoms with van der Waals surface area (Å²) in [6.07, 6.45) is -2.08. The van der Waals surface area contributed by atoms with E-state index in [1.807, 2.05) is 0 Å². The Hall–Kier alpha value is -1.60. The molecule has 3 atom stereocenters. The lowest BCUT2D eigenvalue weighted by Crippen LogP contribution is -2.49. The number of amides is 1. The van der Waals surface area contributed by atoms with Gasteiger partial charge in [-0.25, -0.2) is 0 Å². The van der Waals surface area contributed by atoms with E-state index in [0.717, 1.165) is 25.0 Å². The monoisotopic (exact) mass is 329 g/mol. The molecule has 23 heavy (non-hydrogen) atoms.